The Morgan fingerprint density at radius 2 is 1.62 bits per heavy atom. The fourth-order valence-electron chi connectivity index (χ4n) is 2.73. The Morgan fingerprint density at radius 3 is 2.48 bits per heavy atom. The van der Waals surface area contributed by atoms with Gasteiger partial charge in [-0.05, 0) is 37.6 Å². The van der Waals surface area contributed by atoms with Crippen LogP contribution in [0.4, 0.5) is 0 Å². The molecule has 0 radical (unpaired) electrons. The molecule has 0 aliphatic rings. The summed E-state index contributed by atoms with van der Waals surface area (Å²) in [5.41, 5.74) is 6.10. The maximum Gasteiger partial charge on any atom is 0.144 e. The summed E-state index contributed by atoms with van der Waals surface area (Å²) >= 11 is 0. The van der Waals surface area contributed by atoms with Crippen LogP contribution < -0.4 is 0 Å². The van der Waals surface area contributed by atoms with Gasteiger partial charge in [-0.3, -0.25) is 4.98 Å². The molecule has 2 aromatic carbocycles. The molecule has 2 nitrogen and oxygen atoms in total. The molecule has 0 aliphatic heterocycles. The van der Waals surface area contributed by atoms with Crippen molar-refractivity contribution < 1.29 is 4.42 Å². The van der Waals surface area contributed by atoms with Crippen LogP contribution >= 0.6 is 0 Å². The van der Waals surface area contributed by atoms with Crippen LogP contribution in [0.5, 0.6) is 0 Å². The molecule has 2 aromatic heterocycles. The van der Waals surface area contributed by atoms with E-state index in [4.69, 9.17) is 9.40 Å². The molecule has 102 valence electrons. The first kappa shape index (κ1) is 12.2. The van der Waals surface area contributed by atoms with E-state index in [-0.39, 0.29) is 0 Å². The van der Waals surface area contributed by atoms with Gasteiger partial charge in [0.1, 0.15) is 11.2 Å². The van der Waals surface area contributed by atoms with Crippen LogP contribution in [0.1, 0.15) is 11.3 Å². The SMILES string of the molecule is Cc1ccc(-c2cccc3c2oc2ccccc23)nc1C. The minimum Gasteiger partial charge on any atom is -0.455 e. The minimum absolute atomic E-state index is 0.912. The van der Waals surface area contributed by atoms with Gasteiger partial charge < -0.3 is 4.42 Å². The van der Waals surface area contributed by atoms with E-state index in [0.717, 1.165) is 38.9 Å². The molecule has 2 heteroatoms. The van der Waals surface area contributed by atoms with Gasteiger partial charge >= 0.3 is 0 Å². The summed E-state index contributed by atoms with van der Waals surface area (Å²) in [5.74, 6) is 0. The summed E-state index contributed by atoms with van der Waals surface area (Å²) in [6.45, 7) is 4.12. The summed E-state index contributed by atoms with van der Waals surface area (Å²) in [4.78, 5) is 4.70. The Kier molecular flexibility index (Phi) is 2.58. The number of pyridine rings is 1. The molecule has 0 atom stereocenters. The molecule has 0 bridgehead atoms. The normalized spacial score (nSPS) is 11.3. The Hall–Kier alpha value is -2.61. The van der Waals surface area contributed by atoms with E-state index in [1.54, 1.807) is 0 Å². The molecule has 0 saturated carbocycles. The fourth-order valence-corrected chi connectivity index (χ4v) is 2.73. The summed E-state index contributed by atoms with van der Waals surface area (Å²) < 4.78 is 6.07. The van der Waals surface area contributed by atoms with Crippen molar-refractivity contribution in [2.75, 3.05) is 0 Å². The third-order valence-electron chi connectivity index (χ3n) is 4.03. The molecule has 21 heavy (non-hydrogen) atoms. The highest BCUT2D eigenvalue weighted by Gasteiger charge is 2.12. The molecule has 0 saturated heterocycles. The third kappa shape index (κ3) is 1.83. The van der Waals surface area contributed by atoms with Crippen LogP contribution in [0.25, 0.3) is 33.2 Å². The molecule has 0 unspecified atom stereocenters. The van der Waals surface area contributed by atoms with Crippen molar-refractivity contribution in [1.29, 1.82) is 0 Å². The van der Waals surface area contributed by atoms with E-state index >= 15 is 0 Å². The first-order valence-electron chi connectivity index (χ1n) is 7.09. The van der Waals surface area contributed by atoms with Crippen LogP contribution in [0.2, 0.25) is 0 Å². The zero-order valence-electron chi connectivity index (χ0n) is 12.1. The molecular formula is C19H15NO. The number of benzene rings is 2. The van der Waals surface area contributed by atoms with E-state index in [2.05, 4.69) is 43.3 Å². The first-order valence-corrected chi connectivity index (χ1v) is 7.09. The monoisotopic (exact) mass is 273 g/mol. The summed E-state index contributed by atoms with van der Waals surface area (Å²) in [6, 6.07) is 18.6. The van der Waals surface area contributed by atoms with E-state index in [1.165, 1.54) is 5.56 Å². The quantitative estimate of drug-likeness (QED) is 0.472. The van der Waals surface area contributed by atoms with E-state index in [9.17, 15) is 0 Å². The van der Waals surface area contributed by atoms with Crippen LogP contribution in [0.3, 0.4) is 0 Å². The number of aryl methyl sites for hydroxylation is 2. The summed E-state index contributed by atoms with van der Waals surface area (Å²) in [7, 11) is 0. The molecule has 0 aliphatic carbocycles. The van der Waals surface area contributed by atoms with Crippen molar-refractivity contribution in [3.05, 3.63) is 65.9 Å². The third-order valence-corrected chi connectivity index (χ3v) is 4.03. The van der Waals surface area contributed by atoms with Gasteiger partial charge in [-0.1, -0.05) is 36.4 Å². The molecular weight excluding hydrogens is 258 g/mol. The molecule has 0 spiro atoms. The number of fused-ring (bicyclic) bond motifs is 3. The molecule has 0 fully saturated rings. The standard InChI is InChI=1S/C19H15NO/c1-12-10-11-17(20-13(12)2)16-8-5-7-15-14-6-3-4-9-18(14)21-19(15)16/h3-11H,1-2H3. The number of rotatable bonds is 1. The molecule has 0 N–H and O–H groups in total. The average molecular weight is 273 g/mol. The largest absolute Gasteiger partial charge is 0.455 e. The van der Waals surface area contributed by atoms with Gasteiger partial charge in [0.15, 0.2) is 0 Å². The van der Waals surface area contributed by atoms with Gasteiger partial charge in [0, 0.05) is 22.0 Å². The molecule has 2 heterocycles. The topological polar surface area (TPSA) is 26.0 Å². The van der Waals surface area contributed by atoms with Crippen LogP contribution in [-0.2, 0) is 0 Å². The highest BCUT2D eigenvalue weighted by atomic mass is 16.3. The Balaban J connectivity index is 2.06. The van der Waals surface area contributed by atoms with E-state index in [1.807, 2.05) is 25.1 Å². The zero-order chi connectivity index (χ0) is 14.4. The zero-order valence-corrected chi connectivity index (χ0v) is 12.1. The lowest BCUT2D eigenvalue weighted by atomic mass is 10.1. The highest BCUT2D eigenvalue weighted by Crippen LogP contribution is 2.35. The van der Waals surface area contributed by atoms with Gasteiger partial charge in [-0.25, -0.2) is 0 Å². The van der Waals surface area contributed by atoms with Crippen molar-refractivity contribution in [3.63, 3.8) is 0 Å². The number of para-hydroxylation sites is 2. The molecule has 4 aromatic rings. The Morgan fingerprint density at radius 1 is 0.810 bits per heavy atom. The van der Waals surface area contributed by atoms with Crippen molar-refractivity contribution in [3.8, 4) is 11.3 Å². The number of furan rings is 1. The first-order chi connectivity index (χ1) is 10.2. The van der Waals surface area contributed by atoms with Crippen molar-refractivity contribution in [1.82, 2.24) is 4.98 Å². The van der Waals surface area contributed by atoms with Gasteiger partial charge in [0.05, 0.1) is 5.69 Å². The lowest BCUT2D eigenvalue weighted by molar-refractivity contribution is 0.670. The maximum absolute atomic E-state index is 6.07. The number of hydrogen-bond donors (Lipinski definition) is 0. The van der Waals surface area contributed by atoms with E-state index in [0.29, 0.717) is 0 Å². The summed E-state index contributed by atoms with van der Waals surface area (Å²) in [6.07, 6.45) is 0. The highest BCUT2D eigenvalue weighted by molar-refractivity contribution is 6.09. The summed E-state index contributed by atoms with van der Waals surface area (Å²) in [5, 5.41) is 2.29. The van der Waals surface area contributed by atoms with Gasteiger partial charge in [-0.15, -0.1) is 0 Å². The Labute approximate surface area is 123 Å². The van der Waals surface area contributed by atoms with Crippen LogP contribution in [0.15, 0.2) is 59.0 Å². The number of hydrogen-bond acceptors (Lipinski definition) is 2. The molecule has 4 rings (SSSR count). The fraction of sp³-hybridized carbons (Fsp3) is 0.105. The maximum atomic E-state index is 6.07. The van der Waals surface area contributed by atoms with E-state index < -0.39 is 0 Å². The number of aromatic nitrogens is 1. The predicted octanol–water partition coefficient (Wildman–Crippen LogP) is 5.26. The second kappa shape index (κ2) is 4.45. The lowest BCUT2D eigenvalue weighted by Crippen LogP contribution is -1.90. The average Bonchev–Trinajstić information content (AvgIpc) is 2.89. The predicted molar refractivity (Wildman–Crippen MR) is 86.4 cm³/mol. The second-order valence-electron chi connectivity index (χ2n) is 5.38. The van der Waals surface area contributed by atoms with Gasteiger partial charge in [-0.2, -0.15) is 0 Å². The smallest absolute Gasteiger partial charge is 0.144 e. The van der Waals surface area contributed by atoms with Crippen molar-refractivity contribution >= 4 is 21.9 Å². The molecule has 0 amide bonds. The van der Waals surface area contributed by atoms with Crippen LogP contribution in [-0.4, -0.2) is 4.98 Å². The van der Waals surface area contributed by atoms with Gasteiger partial charge in [0.2, 0.25) is 0 Å². The van der Waals surface area contributed by atoms with Gasteiger partial charge in [0.25, 0.3) is 0 Å². The Bertz CT molecular complexity index is 966. The number of nitrogens with zero attached hydrogens (tertiary/aromatic N) is 1. The minimum atomic E-state index is 0.912. The van der Waals surface area contributed by atoms with Crippen LogP contribution in [0, 0.1) is 13.8 Å². The lowest BCUT2D eigenvalue weighted by Gasteiger charge is -2.05. The second-order valence-corrected chi connectivity index (χ2v) is 5.38. The van der Waals surface area contributed by atoms with Crippen molar-refractivity contribution in [2.24, 2.45) is 0 Å². The van der Waals surface area contributed by atoms with Crippen molar-refractivity contribution in [2.45, 2.75) is 13.8 Å².